The van der Waals surface area contributed by atoms with Gasteiger partial charge in [-0.2, -0.15) is 22.5 Å². The summed E-state index contributed by atoms with van der Waals surface area (Å²) in [7, 11) is 0. The number of hydrogen-bond donors (Lipinski definition) is 1. The van der Waals surface area contributed by atoms with Crippen LogP contribution in [0.1, 0.15) is 12.8 Å². The molecule has 2 heterocycles. The van der Waals surface area contributed by atoms with E-state index in [-0.39, 0.29) is 38.3 Å². The number of piperidine rings is 1. The first-order chi connectivity index (χ1) is 8.91. The fourth-order valence-corrected chi connectivity index (χ4v) is 2.10. The maximum absolute atomic E-state index is 13.5. The Morgan fingerprint density at radius 1 is 1.10 bits per heavy atom. The Labute approximate surface area is 117 Å². The minimum absolute atomic E-state index is 0. The number of halogens is 5. The average Bonchev–Trinajstić information content (AvgIpc) is 2.37. The molecular weight excluding hydrogens is 304 g/mol. The molecule has 0 amide bonds. The molecule has 0 aromatic carbocycles. The molecule has 0 radical (unpaired) electrons. The summed E-state index contributed by atoms with van der Waals surface area (Å²) in [5.74, 6) is -8.16. The van der Waals surface area contributed by atoms with Crippen LogP contribution in [-0.2, 0) is 4.79 Å². The lowest BCUT2D eigenvalue weighted by atomic mass is 9.97. The number of carboxylic acid groups (broad SMARTS) is 1. The largest absolute Gasteiger partial charge is 0.481 e. The molecule has 9 heteroatoms. The zero-order chi connectivity index (χ0) is 14.2. The molecule has 1 fully saturated rings. The van der Waals surface area contributed by atoms with Gasteiger partial charge in [-0.15, -0.1) is 12.4 Å². The highest BCUT2D eigenvalue weighted by Gasteiger charge is 2.30. The van der Waals surface area contributed by atoms with E-state index >= 15 is 0 Å². The van der Waals surface area contributed by atoms with E-state index in [4.69, 9.17) is 5.11 Å². The van der Waals surface area contributed by atoms with Gasteiger partial charge >= 0.3 is 5.97 Å². The summed E-state index contributed by atoms with van der Waals surface area (Å²) in [6.45, 7) is 0.0153. The van der Waals surface area contributed by atoms with Crippen LogP contribution in [0, 0.1) is 29.4 Å². The van der Waals surface area contributed by atoms with Crippen LogP contribution >= 0.6 is 12.4 Å². The smallest absolute Gasteiger partial charge is 0.306 e. The van der Waals surface area contributed by atoms with Crippen LogP contribution < -0.4 is 4.90 Å². The molecule has 1 saturated heterocycles. The Bertz CT molecular complexity index is 495. The van der Waals surface area contributed by atoms with Crippen molar-refractivity contribution in [2.75, 3.05) is 18.0 Å². The van der Waals surface area contributed by atoms with E-state index in [1.165, 1.54) is 0 Å². The first-order valence-corrected chi connectivity index (χ1v) is 5.59. The molecule has 20 heavy (non-hydrogen) atoms. The molecule has 2 rings (SSSR count). The Hall–Kier alpha value is -1.57. The van der Waals surface area contributed by atoms with Crippen LogP contribution in [0.25, 0.3) is 0 Å². The standard InChI is InChI=1S/C11H10F4N2O2.ClH/c12-6-8(7(13)10(15)16-9(6)14)17-3-1-5(2-4-17)11(18)19;/h5H,1-4H2,(H,18,19);1H. The maximum Gasteiger partial charge on any atom is 0.306 e. The second kappa shape index (κ2) is 6.25. The summed E-state index contributed by atoms with van der Waals surface area (Å²) in [5, 5.41) is 8.80. The fourth-order valence-electron chi connectivity index (χ4n) is 2.10. The van der Waals surface area contributed by atoms with Crippen LogP contribution in [0.15, 0.2) is 0 Å². The molecule has 112 valence electrons. The normalized spacial score (nSPS) is 15.9. The monoisotopic (exact) mass is 314 g/mol. The fraction of sp³-hybridized carbons (Fsp3) is 0.455. The quantitative estimate of drug-likeness (QED) is 0.672. The lowest BCUT2D eigenvalue weighted by Crippen LogP contribution is -2.37. The Balaban J connectivity index is 0.00000200. The highest BCUT2D eigenvalue weighted by Crippen LogP contribution is 2.30. The van der Waals surface area contributed by atoms with E-state index in [9.17, 15) is 22.4 Å². The molecule has 0 aliphatic carbocycles. The van der Waals surface area contributed by atoms with Gasteiger partial charge in [-0.3, -0.25) is 4.79 Å². The minimum Gasteiger partial charge on any atom is -0.481 e. The molecule has 0 spiro atoms. The van der Waals surface area contributed by atoms with Crippen LogP contribution in [0.5, 0.6) is 0 Å². The molecule has 1 aliphatic heterocycles. The zero-order valence-electron chi connectivity index (χ0n) is 10.1. The van der Waals surface area contributed by atoms with E-state index in [1.54, 1.807) is 0 Å². The first-order valence-electron chi connectivity index (χ1n) is 5.59. The Kier molecular flexibility index (Phi) is 5.15. The lowest BCUT2D eigenvalue weighted by Gasteiger charge is -2.32. The van der Waals surface area contributed by atoms with Crippen molar-refractivity contribution >= 4 is 24.1 Å². The Morgan fingerprint density at radius 3 is 1.95 bits per heavy atom. The predicted molar refractivity (Wildman–Crippen MR) is 63.9 cm³/mol. The van der Waals surface area contributed by atoms with Gasteiger partial charge in [-0.1, -0.05) is 0 Å². The average molecular weight is 315 g/mol. The number of anilines is 1. The Morgan fingerprint density at radius 2 is 1.55 bits per heavy atom. The lowest BCUT2D eigenvalue weighted by molar-refractivity contribution is -0.142. The highest BCUT2D eigenvalue weighted by atomic mass is 35.5. The third kappa shape index (κ3) is 2.95. The van der Waals surface area contributed by atoms with Gasteiger partial charge in [0.1, 0.15) is 5.69 Å². The van der Waals surface area contributed by atoms with Crippen LogP contribution in [-0.4, -0.2) is 29.1 Å². The minimum atomic E-state index is -1.71. The topological polar surface area (TPSA) is 53.4 Å². The molecule has 1 N–H and O–H groups in total. The number of rotatable bonds is 2. The van der Waals surface area contributed by atoms with E-state index in [0.717, 1.165) is 4.90 Å². The summed E-state index contributed by atoms with van der Waals surface area (Å²) < 4.78 is 52.9. The second-order valence-electron chi connectivity index (χ2n) is 4.27. The summed E-state index contributed by atoms with van der Waals surface area (Å²) >= 11 is 0. The van der Waals surface area contributed by atoms with Gasteiger partial charge in [0.05, 0.1) is 5.92 Å². The van der Waals surface area contributed by atoms with Crippen molar-refractivity contribution in [2.24, 2.45) is 5.92 Å². The number of pyridine rings is 1. The molecule has 1 aliphatic rings. The molecule has 4 nitrogen and oxygen atoms in total. The number of carboxylic acids is 1. The van der Waals surface area contributed by atoms with Crippen molar-refractivity contribution < 1.29 is 27.5 Å². The summed E-state index contributed by atoms with van der Waals surface area (Å²) in [5.41, 5.74) is -0.825. The number of aliphatic carboxylic acids is 1. The van der Waals surface area contributed by atoms with Gasteiger partial charge < -0.3 is 10.0 Å². The number of carbonyl (C=O) groups is 1. The summed E-state index contributed by atoms with van der Waals surface area (Å²) in [4.78, 5) is 14.3. The number of nitrogens with zero attached hydrogens (tertiary/aromatic N) is 2. The van der Waals surface area contributed by atoms with Crippen molar-refractivity contribution in [1.29, 1.82) is 0 Å². The van der Waals surface area contributed by atoms with Gasteiger partial charge in [0.15, 0.2) is 0 Å². The number of hydrogen-bond acceptors (Lipinski definition) is 3. The third-order valence-electron chi connectivity index (χ3n) is 3.13. The van der Waals surface area contributed by atoms with E-state index in [2.05, 4.69) is 4.98 Å². The molecule has 0 unspecified atom stereocenters. The molecule has 1 aromatic rings. The van der Waals surface area contributed by atoms with E-state index in [1.807, 2.05) is 0 Å². The SMILES string of the molecule is Cl.O=C(O)C1CCN(c2c(F)c(F)nc(F)c2F)CC1. The van der Waals surface area contributed by atoms with Crippen molar-refractivity contribution in [2.45, 2.75) is 12.8 Å². The summed E-state index contributed by atoms with van der Waals surface area (Å²) in [6.07, 6.45) is 0.305. The second-order valence-corrected chi connectivity index (χ2v) is 4.27. The summed E-state index contributed by atoms with van der Waals surface area (Å²) in [6, 6.07) is 0. The molecule has 0 bridgehead atoms. The van der Waals surface area contributed by atoms with E-state index < -0.39 is 41.1 Å². The first kappa shape index (κ1) is 16.5. The molecule has 1 aromatic heterocycles. The van der Waals surface area contributed by atoms with Gasteiger partial charge in [-0.05, 0) is 12.8 Å². The van der Waals surface area contributed by atoms with Crippen LogP contribution in [0.2, 0.25) is 0 Å². The molecule has 0 saturated carbocycles. The van der Waals surface area contributed by atoms with Crippen LogP contribution in [0.4, 0.5) is 23.2 Å². The van der Waals surface area contributed by atoms with Crippen molar-refractivity contribution in [3.63, 3.8) is 0 Å². The molecular formula is C11H11ClF4N2O2. The van der Waals surface area contributed by atoms with Crippen LogP contribution in [0.3, 0.4) is 0 Å². The van der Waals surface area contributed by atoms with Gasteiger partial charge in [0, 0.05) is 13.1 Å². The highest BCUT2D eigenvalue weighted by molar-refractivity contribution is 5.85. The van der Waals surface area contributed by atoms with Gasteiger partial charge in [0.25, 0.3) is 11.9 Å². The van der Waals surface area contributed by atoms with Gasteiger partial charge in [0.2, 0.25) is 11.6 Å². The van der Waals surface area contributed by atoms with E-state index in [0.29, 0.717) is 0 Å². The molecule has 0 atom stereocenters. The maximum atomic E-state index is 13.5. The zero-order valence-corrected chi connectivity index (χ0v) is 10.9. The van der Waals surface area contributed by atoms with Gasteiger partial charge in [-0.25, -0.2) is 0 Å². The third-order valence-corrected chi connectivity index (χ3v) is 3.13. The number of aromatic nitrogens is 1. The van der Waals surface area contributed by atoms with Crippen molar-refractivity contribution in [1.82, 2.24) is 4.98 Å². The predicted octanol–water partition coefficient (Wildman–Crippen LogP) is 2.36. The van der Waals surface area contributed by atoms with Crippen molar-refractivity contribution in [3.05, 3.63) is 23.5 Å². The van der Waals surface area contributed by atoms with Crippen molar-refractivity contribution in [3.8, 4) is 0 Å².